The molecular formula is C61H74N8O10. The highest BCUT2D eigenvalue weighted by molar-refractivity contribution is 5.72. The Bertz CT molecular complexity index is 2800. The lowest BCUT2D eigenvalue weighted by atomic mass is 9.89. The molecule has 6 aromatic carbocycles. The van der Waals surface area contributed by atoms with E-state index in [1.165, 1.54) is 67.5 Å². The zero-order chi connectivity index (χ0) is 56.5. The molecule has 0 bridgehead atoms. The van der Waals surface area contributed by atoms with Crippen molar-refractivity contribution in [2.75, 3.05) is 60.0 Å². The number of carbonyl (C=O) groups is 1. The molecule has 79 heavy (non-hydrogen) atoms. The summed E-state index contributed by atoms with van der Waals surface area (Å²) in [6.45, 7) is 11.6. The normalized spacial score (nSPS) is 15.5. The Morgan fingerprint density at radius 3 is 1.16 bits per heavy atom. The van der Waals surface area contributed by atoms with Gasteiger partial charge in [0.2, 0.25) is 0 Å². The first kappa shape index (κ1) is 60.5. The van der Waals surface area contributed by atoms with Crippen LogP contribution in [0.1, 0.15) is 84.7 Å². The van der Waals surface area contributed by atoms with Crippen LogP contribution in [0.5, 0.6) is 0 Å². The van der Waals surface area contributed by atoms with Crippen molar-refractivity contribution in [2.24, 2.45) is 11.8 Å². The van der Waals surface area contributed by atoms with Crippen molar-refractivity contribution in [3.05, 3.63) is 232 Å². The smallest absolute Gasteiger partial charge is 0.309 e. The number of rotatable bonds is 17. The molecule has 0 aliphatic carbocycles. The van der Waals surface area contributed by atoms with Crippen LogP contribution in [0.25, 0.3) is 0 Å². The molecule has 0 saturated carbocycles. The summed E-state index contributed by atoms with van der Waals surface area (Å²) < 4.78 is 5.05. The van der Waals surface area contributed by atoms with Crippen molar-refractivity contribution in [3.63, 3.8) is 0 Å². The first-order valence-corrected chi connectivity index (χ1v) is 27.1. The molecule has 3 fully saturated rings. The molecule has 3 aliphatic rings. The monoisotopic (exact) mass is 1080 g/mol. The average Bonchev–Trinajstić information content (AvgIpc) is 3.45. The predicted octanol–water partition coefficient (Wildman–Crippen LogP) is 12.1. The first-order chi connectivity index (χ1) is 38.1. The molecule has 0 N–H and O–H groups in total. The fourth-order valence-corrected chi connectivity index (χ4v) is 10.1. The van der Waals surface area contributed by atoms with Crippen LogP contribution < -0.4 is 0 Å². The summed E-state index contributed by atoms with van der Waals surface area (Å²) in [4.78, 5) is 61.6. The topological polar surface area (TPSA) is 212 Å². The molecule has 418 valence electrons. The van der Waals surface area contributed by atoms with Gasteiger partial charge >= 0.3 is 5.97 Å². The zero-order valence-corrected chi connectivity index (χ0v) is 45.6. The van der Waals surface area contributed by atoms with E-state index in [0.29, 0.717) is 12.5 Å². The van der Waals surface area contributed by atoms with Crippen LogP contribution in [0.2, 0.25) is 0 Å². The molecule has 18 nitrogen and oxygen atoms in total. The summed E-state index contributed by atoms with van der Waals surface area (Å²) in [5, 5.41) is 42.3. The van der Waals surface area contributed by atoms with E-state index < -0.39 is 4.92 Å². The van der Waals surface area contributed by atoms with Gasteiger partial charge in [-0.25, -0.2) is 0 Å². The van der Waals surface area contributed by atoms with E-state index in [1.807, 2.05) is 50.2 Å². The quantitative estimate of drug-likeness (QED) is 0.0472. The van der Waals surface area contributed by atoms with Gasteiger partial charge in [-0.3, -0.25) is 60.0 Å². The van der Waals surface area contributed by atoms with Crippen molar-refractivity contribution >= 4 is 28.7 Å². The minimum absolute atomic E-state index is 0.0121. The van der Waals surface area contributed by atoms with E-state index in [4.69, 9.17) is 4.74 Å². The number of likely N-dealkylation sites (tertiary alicyclic amines) is 3. The van der Waals surface area contributed by atoms with E-state index in [1.54, 1.807) is 48.5 Å². The molecule has 0 atom stereocenters. The highest BCUT2D eigenvalue weighted by Crippen LogP contribution is 2.29. The third-order valence-electron chi connectivity index (χ3n) is 14.4. The van der Waals surface area contributed by atoms with Crippen LogP contribution in [0.3, 0.4) is 0 Å². The van der Waals surface area contributed by atoms with Crippen molar-refractivity contribution in [2.45, 2.75) is 84.0 Å². The van der Waals surface area contributed by atoms with Gasteiger partial charge in [0.25, 0.3) is 22.7 Å². The second-order valence-corrected chi connectivity index (χ2v) is 20.6. The number of nitrogens with zero attached hydrogens (tertiary/aromatic N) is 8. The molecule has 18 heteroatoms. The second-order valence-electron chi connectivity index (χ2n) is 20.6. The molecule has 3 aliphatic heterocycles. The molecule has 3 heterocycles. The van der Waals surface area contributed by atoms with Gasteiger partial charge in [0, 0.05) is 74.7 Å². The number of nitro groups is 4. The zero-order valence-electron chi connectivity index (χ0n) is 45.6. The summed E-state index contributed by atoms with van der Waals surface area (Å²) in [6, 6.07) is 48.5. The summed E-state index contributed by atoms with van der Waals surface area (Å²) in [5.41, 5.74) is 7.87. The number of carbonyl (C=O) groups excluding carboxylic acids is 1. The molecule has 0 radical (unpaired) electrons. The number of piperidine rings is 3. The van der Waals surface area contributed by atoms with Gasteiger partial charge in [-0.05, 0) is 150 Å². The van der Waals surface area contributed by atoms with Crippen molar-refractivity contribution in [1.29, 1.82) is 0 Å². The van der Waals surface area contributed by atoms with Crippen LogP contribution in [0.4, 0.5) is 22.7 Å². The van der Waals surface area contributed by atoms with E-state index in [0.717, 1.165) is 106 Å². The number of ether oxygens (including phenoxy) is 1. The number of nitro benzene ring substituents is 4. The summed E-state index contributed by atoms with van der Waals surface area (Å²) in [6.07, 6.45) is 7.60. The van der Waals surface area contributed by atoms with Gasteiger partial charge in [-0.1, -0.05) is 109 Å². The lowest BCUT2D eigenvalue weighted by Crippen LogP contribution is -2.36. The van der Waals surface area contributed by atoms with E-state index in [9.17, 15) is 45.3 Å². The predicted molar refractivity (Wildman–Crippen MR) is 306 cm³/mol. The van der Waals surface area contributed by atoms with E-state index >= 15 is 0 Å². The number of esters is 1. The number of hydrogen-bond acceptors (Lipinski definition) is 14. The average molecular weight is 1080 g/mol. The van der Waals surface area contributed by atoms with Crippen LogP contribution in [-0.2, 0) is 42.1 Å². The minimum Gasteiger partial charge on any atom is -0.466 e. The third kappa shape index (κ3) is 20.8. The molecule has 6 aromatic rings. The maximum atomic E-state index is 11.7. The highest BCUT2D eigenvalue weighted by atomic mass is 16.6. The second kappa shape index (κ2) is 31.6. The lowest BCUT2D eigenvalue weighted by molar-refractivity contribution is -0.385. The molecule has 0 amide bonds. The Hall–Kier alpha value is -7.77. The molecule has 0 aromatic heterocycles. The first-order valence-electron chi connectivity index (χ1n) is 27.1. The number of hydrogen-bond donors (Lipinski definition) is 0. The Labute approximate surface area is 463 Å². The largest absolute Gasteiger partial charge is 0.466 e. The van der Waals surface area contributed by atoms with E-state index in [2.05, 4.69) is 75.4 Å². The third-order valence-corrected chi connectivity index (χ3v) is 14.4. The molecular weight excluding hydrogens is 1000 g/mol. The minimum atomic E-state index is -0.394. The van der Waals surface area contributed by atoms with Gasteiger partial charge < -0.3 is 9.64 Å². The van der Waals surface area contributed by atoms with Crippen LogP contribution >= 0.6 is 0 Å². The SMILES string of the molecule is CCOC(=O)C1CCN(Cc2ccc([N+](=O)[O-])cc2)CC1.CN(C)Cc1ccc([N+](=O)[O-])cc1.O=[N+]([O-])c1ccc(CN2CCC(Cc3ccccc3)CC2)cc1.O=[N+]([O-])c1ccc(CN2CCC(c3ccccc3)CC2)cc1. The standard InChI is InChI=1S/C19H22N2O2.C18H20N2O2.C15H20N2O4.C9H12N2O2/c22-21(23)19-8-6-18(7-9-19)15-20-12-10-17(11-13-20)14-16-4-2-1-3-5-16;21-20(22)18-8-6-15(7-9-18)14-19-12-10-17(11-13-19)16-4-2-1-3-5-16;1-2-21-15(18)13-7-9-16(10-8-13)11-12-3-5-14(6-4-12)17(19)20;1-10(2)7-8-3-5-9(6-4-8)11(12)13/h1-9,17H,10-15H2;1-9,17H,10-14H2;3-6,13H,2,7-11H2,1H3;3-6H,7H2,1-2H3. The lowest BCUT2D eigenvalue weighted by Gasteiger charge is -2.32. The van der Waals surface area contributed by atoms with Crippen LogP contribution in [0, 0.1) is 52.3 Å². The van der Waals surface area contributed by atoms with Gasteiger partial charge in [-0.2, -0.15) is 0 Å². The molecule has 3 saturated heterocycles. The fraction of sp³-hybridized carbons (Fsp3) is 0.393. The Morgan fingerprint density at radius 1 is 0.468 bits per heavy atom. The van der Waals surface area contributed by atoms with Crippen molar-refractivity contribution in [3.8, 4) is 0 Å². The molecule has 0 unspecified atom stereocenters. The number of benzene rings is 6. The van der Waals surface area contributed by atoms with Crippen LogP contribution in [0.15, 0.2) is 158 Å². The van der Waals surface area contributed by atoms with Gasteiger partial charge in [0.05, 0.1) is 32.2 Å². The maximum Gasteiger partial charge on any atom is 0.309 e. The van der Waals surface area contributed by atoms with Gasteiger partial charge in [-0.15, -0.1) is 0 Å². The van der Waals surface area contributed by atoms with Gasteiger partial charge in [0.15, 0.2) is 0 Å². The summed E-state index contributed by atoms with van der Waals surface area (Å²) >= 11 is 0. The van der Waals surface area contributed by atoms with E-state index in [-0.39, 0.29) is 49.4 Å². The maximum absolute atomic E-state index is 11.7. The fourth-order valence-electron chi connectivity index (χ4n) is 10.1. The van der Waals surface area contributed by atoms with Gasteiger partial charge in [0.1, 0.15) is 0 Å². The van der Waals surface area contributed by atoms with Crippen molar-refractivity contribution < 1.29 is 29.2 Å². The van der Waals surface area contributed by atoms with Crippen LogP contribution in [-0.4, -0.2) is 105 Å². The molecule has 9 rings (SSSR count). The summed E-state index contributed by atoms with van der Waals surface area (Å²) in [7, 11) is 3.92. The molecule has 0 spiro atoms. The summed E-state index contributed by atoms with van der Waals surface area (Å²) in [5.74, 6) is 1.35. The van der Waals surface area contributed by atoms with Crippen molar-refractivity contribution in [1.82, 2.24) is 19.6 Å². The Kier molecular flexibility index (Phi) is 24.2. The Morgan fingerprint density at radius 2 is 0.810 bits per heavy atom. The number of non-ortho nitro benzene ring substituents is 4. The Balaban J connectivity index is 0.000000173. The highest BCUT2D eigenvalue weighted by Gasteiger charge is 2.26.